The molecule has 1 aliphatic rings. The van der Waals surface area contributed by atoms with Gasteiger partial charge in [-0.1, -0.05) is 0 Å². The van der Waals surface area contributed by atoms with Gasteiger partial charge in [-0.2, -0.15) is 5.10 Å². The SMILES string of the molecule is Cn1cc(OCC2CCCN2C(=O)OC(C)(C)C)cn1. The number of hydrogen-bond donors (Lipinski definition) is 0. The summed E-state index contributed by atoms with van der Waals surface area (Å²) in [4.78, 5) is 13.9. The average Bonchev–Trinajstić information content (AvgIpc) is 2.92. The Morgan fingerprint density at radius 1 is 1.50 bits per heavy atom. The van der Waals surface area contributed by atoms with Crippen molar-refractivity contribution in [3.63, 3.8) is 0 Å². The second kappa shape index (κ2) is 5.73. The lowest BCUT2D eigenvalue weighted by Gasteiger charge is -2.28. The first-order chi connectivity index (χ1) is 9.35. The van der Waals surface area contributed by atoms with Crippen LogP contribution in [-0.4, -0.2) is 45.6 Å². The van der Waals surface area contributed by atoms with Crippen molar-refractivity contribution in [1.29, 1.82) is 0 Å². The van der Waals surface area contributed by atoms with E-state index in [-0.39, 0.29) is 12.1 Å². The van der Waals surface area contributed by atoms with Crippen LogP contribution in [0, 0.1) is 0 Å². The lowest BCUT2D eigenvalue weighted by molar-refractivity contribution is 0.0187. The van der Waals surface area contributed by atoms with E-state index >= 15 is 0 Å². The molecule has 0 aromatic carbocycles. The summed E-state index contributed by atoms with van der Waals surface area (Å²) in [5.41, 5.74) is -0.464. The zero-order valence-corrected chi connectivity index (χ0v) is 12.6. The molecule has 0 saturated carbocycles. The molecule has 0 spiro atoms. The standard InChI is InChI=1S/C14H23N3O3/c1-14(2,3)20-13(18)17-7-5-6-11(17)10-19-12-8-15-16(4)9-12/h8-9,11H,5-7,10H2,1-4H3. The third kappa shape index (κ3) is 3.88. The first-order valence-corrected chi connectivity index (χ1v) is 6.96. The summed E-state index contributed by atoms with van der Waals surface area (Å²) >= 11 is 0. The molecule has 0 radical (unpaired) electrons. The number of ether oxygens (including phenoxy) is 2. The Morgan fingerprint density at radius 2 is 2.25 bits per heavy atom. The van der Waals surface area contributed by atoms with Crippen molar-refractivity contribution in [3.05, 3.63) is 12.4 Å². The summed E-state index contributed by atoms with van der Waals surface area (Å²) < 4.78 is 12.8. The van der Waals surface area contributed by atoms with E-state index in [1.165, 1.54) is 0 Å². The molecule has 0 bridgehead atoms. The highest BCUT2D eigenvalue weighted by atomic mass is 16.6. The summed E-state index contributed by atoms with van der Waals surface area (Å²) in [5, 5.41) is 4.05. The lowest BCUT2D eigenvalue weighted by Crippen LogP contribution is -2.42. The van der Waals surface area contributed by atoms with Gasteiger partial charge in [0.2, 0.25) is 0 Å². The van der Waals surface area contributed by atoms with Crippen LogP contribution in [0.25, 0.3) is 0 Å². The van der Waals surface area contributed by atoms with E-state index in [9.17, 15) is 4.79 Å². The minimum absolute atomic E-state index is 0.0741. The Morgan fingerprint density at radius 3 is 2.85 bits per heavy atom. The number of nitrogens with zero attached hydrogens (tertiary/aromatic N) is 3. The molecule has 1 aromatic rings. The maximum Gasteiger partial charge on any atom is 0.410 e. The second-order valence-corrected chi connectivity index (χ2v) is 6.13. The molecule has 2 heterocycles. The summed E-state index contributed by atoms with van der Waals surface area (Å²) in [5.74, 6) is 0.725. The van der Waals surface area contributed by atoms with Gasteiger partial charge in [-0.3, -0.25) is 4.68 Å². The second-order valence-electron chi connectivity index (χ2n) is 6.13. The zero-order chi connectivity index (χ0) is 14.8. The van der Waals surface area contributed by atoms with E-state index in [1.807, 2.05) is 34.0 Å². The fourth-order valence-electron chi connectivity index (χ4n) is 2.24. The summed E-state index contributed by atoms with van der Waals surface area (Å²) in [7, 11) is 1.84. The van der Waals surface area contributed by atoms with Crippen molar-refractivity contribution in [2.24, 2.45) is 7.05 Å². The zero-order valence-electron chi connectivity index (χ0n) is 12.6. The molecule has 20 heavy (non-hydrogen) atoms. The molecule has 0 N–H and O–H groups in total. The highest BCUT2D eigenvalue weighted by molar-refractivity contribution is 5.69. The van der Waals surface area contributed by atoms with Crippen LogP contribution >= 0.6 is 0 Å². The predicted octanol–water partition coefficient (Wildman–Crippen LogP) is 2.20. The number of aryl methyl sites for hydroxylation is 1. The Hall–Kier alpha value is -1.72. The molecule has 1 aliphatic heterocycles. The molecule has 1 fully saturated rings. The van der Waals surface area contributed by atoms with Crippen LogP contribution in [-0.2, 0) is 11.8 Å². The van der Waals surface area contributed by atoms with Crippen LogP contribution in [0.4, 0.5) is 4.79 Å². The number of aromatic nitrogens is 2. The highest BCUT2D eigenvalue weighted by Crippen LogP contribution is 2.21. The molecule has 2 rings (SSSR count). The number of rotatable bonds is 3. The van der Waals surface area contributed by atoms with E-state index < -0.39 is 5.60 Å². The van der Waals surface area contributed by atoms with Crippen molar-refractivity contribution in [3.8, 4) is 5.75 Å². The lowest BCUT2D eigenvalue weighted by atomic mass is 10.2. The summed E-state index contributed by atoms with van der Waals surface area (Å²) in [6.07, 6.45) is 5.16. The number of likely N-dealkylation sites (tertiary alicyclic amines) is 1. The van der Waals surface area contributed by atoms with E-state index in [0.29, 0.717) is 6.61 Å². The number of amides is 1. The third-order valence-corrected chi connectivity index (χ3v) is 3.13. The predicted molar refractivity (Wildman–Crippen MR) is 74.7 cm³/mol. The van der Waals surface area contributed by atoms with Gasteiger partial charge in [0.05, 0.1) is 18.4 Å². The topological polar surface area (TPSA) is 56.6 Å². The molecule has 1 unspecified atom stereocenters. The average molecular weight is 281 g/mol. The van der Waals surface area contributed by atoms with Gasteiger partial charge in [0.1, 0.15) is 12.2 Å². The number of carbonyl (C=O) groups is 1. The van der Waals surface area contributed by atoms with Gasteiger partial charge in [0.15, 0.2) is 5.75 Å². The Kier molecular flexibility index (Phi) is 4.20. The minimum Gasteiger partial charge on any atom is -0.488 e. The maximum absolute atomic E-state index is 12.1. The first kappa shape index (κ1) is 14.7. The molecule has 112 valence electrons. The molecule has 6 heteroatoms. The molecular weight excluding hydrogens is 258 g/mol. The van der Waals surface area contributed by atoms with Gasteiger partial charge >= 0.3 is 6.09 Å². The van der Waals surface area contributed by atoms with Gasteiger partial charge in [0.25, 0.3) is 0 Å². The Bertz CT molecular complexity index is 464. The highest BCUT2D eigenvalue weighted by Gasteiger charge is 2.32. The van der Waals surface area contributed by atoms with Crippen molar-refractivity contribution >= 4 is 6.09 Å². The van der Waals surface area contributed by atoms with Crippen LogP contribution in [0.5, 0.6) is 5.75 Å². The quantitative estimate of drug-likeness (QED) is 0.852. The smallest absolute Gasteiger partial charge is 0.410 e. The molecule has 0 aliphatic carbocycles. The van der Waals surface area contributed by atoms with E-state index in [4.69, 9.17) is 9.47 Å². The van der Waals surface area contributed by atoms with Crippen LogP contribution in [0.15, 0.2) is 12.4 Å². The van der Waals surface area contributed by atoms with Crippen molar-refractivity contribution in [2.45, 2.75) is 45.3 Å². The maximum atomic E-state index is 12.1. The molecule has 6 nitrogen and oxygen atoms in total. The fraction of sp³-hybridized carbons (Fsp3) is 0.714. The number of hydrogen-bond acceptors (Lipinski definition) is 4. The normalized spacial score (nSPS) is 19.2. The van der Waals surface area contributed by atoms with Crippen molar-refractivity contribution < 1.29 is 14.3 Å². The molecule has 1 aromatic heterocycles. The minimum atomic E-state index is -0.464. The van der Waals surface area contributed by atoms with Crippen molar-refractivity contribution in [1.82, 2.24) is 14.7 Å². The van der Waals surface area contributed by atoms with E-state index in [2.05, 4.69) is 5.10 Å². The van der Waals surface area contributed by atoms with Crippen LogP contribution < -0.4 is 4.74 Å². The van der Waals surface area contributed by atoms with Gasteiger partial charge in [-0.05, 0) is 33.6 Å². The van der Waals surface area contributed by atoms with Crippen LogP contribution in [0.2, 0.25) is 0 Å². The first-order valence-electron chi connectivity index (χ1n) is 6.96. The largest absolute Gasteiger partial charge is 0.488 e. The van der Waals surface area contributed by atoms with Gasteiger partial charge in [-0.15, -0.1) is 0 Å². The van der Waals surface area contributed by atoms with Gasteiger partial charge < -0.3 is 14.4 Å². The van der Waals surface area contributed by atoms with Crippen LogP contribution in [0.3, 0.4) is 0 Å². The van der Waals surface area contributed by atoms with Gasteiger partial charge in [0, 0.05) is 13.6 Å². The summed E-state index contributed by atoms with van der Waals surface area (Å²) in [6, 6.07) is 0.0741. The molecular formula is C14H23N3O3. The van der Waals surface area contributed by atoms with E-state index in [0.717, 1.165) is 25.1 Å². The fourth-order valence-corrected chi connectivity index (χ4v) is 2.24. The Balaban J connectivity index is 1.88. The van der Waals surface area contributed by atoms with Gasteiger partial charge in [-0.25, -0.2) is 4.79 Å². The third-order valence-electron chi connectivity index (χ3n) is 3.13. The van der Waals surface area contributed by atoms with E-state index in [1.54, 1.807) is 15.8 Å². The summed E-state index contributed by atoms with van der Waals surface area (Å²) in [6.45, 7) is 6.84. The van der Waals surface area contributed by atoms with Crippen LogP contribution in [0.1, 0.15) is 33.6 Å². The number of carbonyl (C=O) groups excluding carboxylic acids is 1. The Labute approximate surface area is 119 Å². The van der Waals surface area contributed by atoms with Crippen molar-refractivity contribution in [2.75, 3.05) is 13.2 Å². The molecule has 1 atom stereocenters. The monoisotopic (exact) mass is 281 g/mol. The molecule has 1 amide bonds. The molecule has 1 saturated heterocycles.